The maximum atomic E-state index is 10.3. The maximum absolute atomic E-state index is 10.3. The molecule has 0 aromatic heterocycles. The van der Waals surface area contributed by atoms with E-state index in [0.29, 0.717) is 0 Å². The van der Waals surface area contributed by atoms with Crippen molar-refractivity contribution in [3.05, 3.63) is 47.5 Å². The lowest BCUT2D eigenvalue weighted by atomic mass is 10.2. The Labute approximate surface area is 272 Å². The summed E-state index contributed by atoms with van der Waals surface area (Å²) in [7, 11) is -9.49. The van der Waals surface area contributed by atoms with E-state index >= 15 is 0 Å². The van der Waals surface area contributed by atoms with E-state index in [1.54, 1.807) is 0 Å². The molecule has 2 aromatic carbocycles. The Hall–Kier alpha value is -5.84. The summed E-state index contributed by atoms with van der Waals surface area (Å²) in [6.07, 6.45) is -2.54. The number of hydrogen-bond acceptors (Lipinski definition) is 19. The highest BCUT2D eigenvalue weighted by atomic mass is 32.3. The van der Waals surface area contributed by atoms with Crippen molar-refractivity contribution in [2.24, 2.45) is 0 Å². The Bertz CT molecular complexity index is 1560. The highest BCUT2D eigenvalue weighted by molar-refractivity contribution is 7.81. The van der Waals surface area contributed by atoms with Gasteiger partial charge in [0.15, 0.2) is 6.10 Å². The molecule has 2 aromatic rings. The fourth-order valence-corrected chi connectivity index (χ4v) is 2.51. The van der Waals surface area contributed by atoms with Crippen LogP contribution < -0.4 is 0 Å². The molecule has 276 valence electrons. The van der Waals surface area contributed by atoms with Gasteiger partial charge in [0.05, 0.1) is 6.42 Å². The standard InChI is InChI=1S/2C7H6O4.C4H6O5.2C2H4O6S/c2*8-4-1-2-6(9)5(3-4)7(10)11;5-2(4(8)9)1-3(6)7;2*3-1-2(4)8-9(5,6)7/h2*1-3,8-9H,(H,10,11);2,5H,1H2,(H,6,7)(H,8,9);2*3H,1H2,(H,5,6,7). The number of aliphatic hydroxyl groups excluding tert-OH is 3. The van der Waals surface area contributed by atoms with Gasteiger partial charge in [-0.2, -0.15) is 16.8 Å². The van der Waals surface area contributed by atoms with E-state index in [2.05, 4.69) is 8.37 Å². The normalized spacial score (nSPS) is 10.6. The molecule has 49 heavy (non-hydrogen) atoms. The number of carboxylic acids is 4. The molecule has 25 nitrogen and oxygen atoms in total. The zero-order valence-electron chi connectivity index (χ0n) is 23.7. The summed E-state index contributed by atoms with van der Waals surface area (Å²) in [6, 6.07) is 6.64. The van der Waals surface area contributed by atoms with Crippen molar-refractivity contribution in [2.75, 3.05) is 13.2 Å². The van der Waals surface area contributed by atoms with E-state index in [-0.39, 0.29) is 34.1 Å². The fourth-order valence-electron chi connectivity index (χ4n) is 1.93. The molecule has 27 heteroatoms. The molecule has 0 radical (unpaired) electrons. The number of phenolic OH excluding ortho intramolecular Hbond substituents is 2. The van der Waals surface area contributed by atoms with Crippen LogP contribution in [-0.2, 0) is 48.3 Å². The van der Waals surface area contributed by atoms with Gasteiger partial charge in [-0.25, -0.2) is 24.0 Å². The van der Waals surface area contributed by atoms with Crippen LogP contribution in [0.25, 0.3) is 0 Å². The molecule has 0 heterocycles. The number of aromatic carboxylic acids is 2. The van der Waals surface area contributed by atoms with Crippen LogP contribution in [0.5, 0.6) is 23.0 Å². The lowest BCUT2D eigenvalue weighted by Crippen LogP contribution is -2.22. The van der Waals surface area contributed by atoms with E-state index in [9.17, 15) is 45.6 Å². The number of phenols is 4. The van der Waals surface area contributed by atoms with Gasteiger partial charge in [0.1, 0.15) is 47.3 Å². The van der Waals surface area contributed by atoms with Crippen molar-refractivity contribution in [1.82, 2.24) is 0 Å². The lowest BCUT2D eigenvalue weighted by Gasteiger charge is -1.98. The van der Waals surface area contributed by atoms with Gasteiger partial charge < -0.3 is 64.5 Å². The summed E-state index contributed by atoms with van der Waals surface area (Å²) >= 11 is 0. The zero-order chi connectivity index (χ0) is 39.3. The Balaban J connectivity index is -0.000000542. The molecule has 0 fully saturated rings. The van der Waals surface area contributed by atoms with E-state index in [4.69, 9.17) is 65.3 Å². The first-order valence-corrected chi connectivity index (χ1v) is 14.1. The van der Waals surface area contributed by atoms with Crippen LogP contribution >= 0.6 is 0 Å². The van der Waals surface area contributed by atoms with Gasteiger partial charge in [0, 0.05) is 0 Å². The van der Waals surface area contributed by atoms with Crippen molar-refractivity contribution in [3.8, 4) is 23.0 Å². The predicted molar refractivity (Wildman–Crippen MR) is 149 cm³/mol. The zero-order valence-corrected chi connectivity index (χ0v) is 25.3. The molecular weight excluding hydrogens is 728 g/mol. The monoisotopic (exact) mass is 754 g/mol. The second-order valence-electron chi connectivity index (χ2n) is 7.55. The van der Waals surface area contributed by atoms with Gasteiger partial charge in [-0.05, 0) is 36.4 Å². The molecule has 0 aliphatic heterocycles. The topological polar surface area (TPSA) is 452 Å². The number of rotatable bonds is 9. The van der Waals surface area contributed by atoms with Crippen molar-refractivity contribution in [2.45, 2.75) is 12.5 Å². The van der Waals surface area contributed by atoms with Gasteiger partial charge >= 0.3 is 56.6 Å². The third-order valence-electron chi connectivity index (χ3n) is 3.73. The Kier molecular flexibility index (Phi) is 22.0. The second-order valence-corrected chi connectivity index (χ2v) is 9.59. The SMILES string of the molecule is O=C(CO)OS(=O)(=O)O.O=C(CO)OS(=O)(=O)O.O=C(O)CC(O)C(=O)O.O=C(O)c1cc(O)ccc1O.O=C(O)c1cc(O)ccc1O. The molecule has 0 saturated carbocycles. The molecule has 0 aliphatic carbocycles. The summed E-state index contributed by atoms with van der Waals surface area (Å²) < 4.78 is 60.3. The third kappa shape index (κ3) is 27.0. The van der Waals surface area contributed by atoms with Crippen LogP contribution in [0.2, 0.25) is 0 Å². The average Bonchev–Trinajstić information content (AvgIpc) is 2.94. The molecule has 0 aliphatic rings. The van der Waals surface area contributed by atoms with Crippen LogP contribution in [0, 0.1) is 0 Å². The van der Waals surface area contributed by atoms with Crippen molar-refractivity contribution >= 4 is 56.6 Å². The molecule has 2 rings (SSSR count). The minimum atomic E-state index is -4.74. The minimum absolute atomic E-state index is 0.180. The molecule has 13 N–H and O–H groups in total. The Morgan fingerprint density at radius 3 is 1.06 bits per heavy atom. The number of aromatic hydroxyl groups is 4. The van der Waals surface area contributed by atoms with Crippen LogP contribution in [0.1, 0.15) is 27.1 Å². The highest BCUT2D eigenvalue weighted by Gasteiger charge is 2.16. The molecular formula is C22H26O25S2. The number of aliphatic hydroxyl groups is 3. The first-order valence-electron chi connectivity index (χ1n) is 11.4. The summed E-state index contributed by atoms with van der Waals surface area (Å²) in [4.78, 5) is 59.7. The number of carboxylic acid groups (broad SMARTS) is 4. The largest absolute Gasteiger partial charge is 0.508 e. The van der Waals surface area contributed by atoms with Crippen LogP contribution in [0.4, 0.5) is 0 Å². The summed E-state index contributed by atoms with van der Waals surface area (Å²) in [5.74, 6) is -9.28. The number of carbonyl (C=O) groups excluding carboxylic acids is 2. The van der Waals surface area contributed by atoms with Crippen LogP contribution in [0.15, 0.2) is 36.4 Å². The van der Waals surface area contributed by atoms with Gasteiger partial charge in [0.25, 0.3) is 0 Å². The maximum Gasteiger partial charge on any atom is 0.449 e. The summed E-state index contributed by atoms with van der Waals surface area (Å²) in [6.45, 7) is -2.17. The van der Waals surface area contributed by atoms with Gasteiger partial charge in [-0.1, -0.05) is 0 Å². The molecule has 0 spiro atoms. The van der Waals surface area contributed by atoms with E-state index in [1.165, 1.54) is 12.1 Å². The minimum Gasteiger partial charge on any atom is -0.508 e. The predicted octanol–water partition coefficient (Wildman–Crippen LogP) is -2.85. The second kappa shape index (κ2) is 22.6. The molecule has 0 bridgehead atoms. The molecule has 0 amide bonds. The van der Waals surface area contributed by atoms with Crippen molar-refractivity contribution in [1.29, 1.82) is 0 Å². The van der Waals surface area contributed by atoms with Crippen LogP contribution in [0.3, 0.4) is 0 Å². The van der Waals surface area contributed by atoms with Crippen molar-refractivity contribution < 1.29 is 119 Å². The van der Waals surface area contributed by atoms with Gasteiger partial charge in [-0.3, -0.25) is 13.9 Å². The van der Waals surface area contributed by atoms with E-state index in [1.807, 2.05) is 0 Å². The molecule has 1 atom stereocenters. The number of aliphatic carboxylic acids is 2. The number of benzene rings is 2. The average molecular weight is 755 g/mol. The summed E-state index contributed by atoms with van der Waals surface area (Å²) in [5.41, 5.74) is -0.602. The summed E-state index contributed by atoms with van der Waals surface area (Å²) in [5, 5.41) is 92.1. The molecule has 0 saturated heterocycles. The smallest absolute Gasteiger partial charge is 0.449 e. The quantitative estimate of drug-likeness (QED) is 0.0904. The Morgan fingerprint density at radius 1 is 0.612 bits per heavy atom. The lowest BCUT2D eigenvalue weighted by molar-refractivity contribution is -0.152. The van der Waals surface area contributed by atoms with E-state index < -0.39 is 82.4 Å². The third-order valence-corrected chi connectivity index (χ3v) is 4.52. The Morgan fingerprint density at radius 2 is 0.918 bits per heavy atom. The molecule has 1 unspecified atom stereocenters. The number of carbonyl (C=O) groups is 6. The number of hydrogen-bond donors (Lipinski definition) is 13. The highest BCUT2D eigenvalue weighted by Crippen LogP contribution is 2.22. The van der Waals surface area contributed by atoms with E-state index in [0.717, 1.165) is 24.3 Å². The fraction of sp³-hybridized carbons (Fsp3) is 0.182. The van der Waals surface area contributed by atoms with Gasteiger partial charge in [-0.15, -0.1) is 0 Å². The first-order chi connectivity index (χ1) is 22.2. The van der Waals surface area contributed by atoms with Crippen LogP contribution in [-0.4, -0.2) is 137 Å². The first kappa shape index (κ1) is 47.6. The van der Waals surface area contributed by atoms with Gasteiger partial charge in [0.2, 0.25) is 0 Å². The van der Waals surface area contributed by atoms with Crippen molar-refractivity contribution in [3.63, 3.8) is 0 Å².